The molecule has 0 atom stereocenters. The van der Waals surface area contributed by atoms with Gasteiger partial charge in [-0.3, -0.25) is 4.79 Å². The first-order valence-electron chi connectivity index (χ1n) is 2.95. The molecule has 0 unspecified atom stereocenters. The molecule has 5 heteroatoms. The van der Waals surface area contributed by atoms with Gasteiger partial charge in [0.05, 0.1) is 12.7 Å². The van der Waals surface area contributed by atoms with Crippen LogP contribution in [0.3, 0.4) is 0 Å². The van der Waals surface area contributed by atoms with Gasteiger partial charge in [0.25, 0.3) is 5.91 Å². The maximum absolute atomic E-state index is 10.5. The van der Waals surface area contributed by atoms with Gasteiger partial charge >= 0.3 is 5.97 Å². The van der Waals surface area contributed by atoms with Gasteiger partial charge in [-0.1, -0.05) is 0 Å². The third kappa shape index (κ3) is 3.96. The van der Waals surface area contributed by atoms with Gasteiger partial charge in [0, 0.05) is 0 Å². The highest BCUT2D eigenvalue weighted by atomic mass is 16.5. The highest BCUT2D eigenvalue weighted by Crippen LogP contribution is 1.88. The maximum atomic E-state index is 10.5. The normalized spacial score (nSPS) is 10.8. The number of hydrogen-bond acceptors (Lipinski definition) is 4. The van der Waals surface area contributed by atoms with E-state index >= 15 is 0 Å². The van der Waals surface area contributed by atoms with Crippen molar-refractivity contribution in [2.75, 3.05) is 6.61 Å². The summed E-state index contributed by atoms with van der Waals surface area (Å²) in [5, 5.41) is 8.61. The first kappa shape index (κ1) is 9.48. The number of amides is 1. The van der Waals surface area contributed by atoms with Crippen molar-refractivity contribution in [3.05, 3.63) is 11.8 Å². The van der Waals surface area contributed by atoms with Crippen molar-refractivity contribution >= 4 is 11.9 Å². The molecule has 0 rings (SSSR count). The minimum Gasteiger partial charge on any atom is -0.503 e. The van der Waals surface area contributed by atoms with Gasteiger partial charge in [-0.2, -0.15) is 0 Å². The van der Waals surface area contributed by atoms with Crippen LogP contribution in [-0.4, -0.2) is 23.6 Å². The Bertz CT molecular complexity index is 197. The van der Waals surface area contributed by atoms with Gasteiger partial charge in [-0.15, -0.1) is 0 Å². The van der Waals surface area contributed by atoms with Crippen molar-refractivity contribution in [1.82, 2.24) is 0 Å². The molecule has 11 heavy (non-hydrogen) atoms. The molecular weight excluding hydrogens is 150 g/mol. The van der Waals surface area contributed by atoms with Crippen molar-refractivity contribution in [2.45, 2.75) is 6.92 Å². The second-order valence-electron chi connectivity index (χ2n) is 1.65. The average molecular weight is 159 g/mol. The molecule has 0 heterocycles. The van der Waals surface area contributed by atoms with Gasteiger partial charge < -0.3 is 15.6 Å². The molecule has 0 fully saturated rings. The fourth-order valence-corrected chi connectivity index (χ4v) is 0.367. The van der Waals surface area contributed by atoms with E-state index in [2.05, 4.69) is 10.5 Å². The van der Waals surface area contributed by atoms with E-state index in [4.69, 9.17) is 5.11 Å². The Labute approximate surface area is 63.4 Å². The predicted molar refractivity (Wildman–Crippen MR) is 36.5 cm³/mol. The van der Waals surface area contributed by atoms with Gasteiger partial charge in [-0.05, 0) is 6.92 Å². The summed E-state index contributed by atoms with van der Waals surface area (Å²) in [6.07, 6.45) is 0.631. The lowest BCUT2D eigenvalue weighted by molar-refractivity contribution is -0.137. The molecule has 0 aromatic rings. The van der Waals surface area contributed by atoms with E-state index < -0.39 is 17.6 Å². The van der Waals surface area contributed by atoms with Crippen molar-refractivity contribution in [1.29, 1.82) is 0 Å². The number of aliphatic hydroxyl groups excluding tert-OH is 1. The van der Waals surface area contributed by atoms with E-state index in [1.165, 1.54) is 0 Å². The Morgan fingerprint density at radius 1 is 1.64 bits per heavy atom. The van der Waals surface area contributed by atoms with Gasteiger partial charge in [0.15, 0.2) is 5.76 Å². The number of carbonyl (C=O) groups excluding carboxylic acids is 2. The van der Waals surface area contributed by atoms with Crippen molar-refractivity contribution < 1.29 is 19.4 Å². The molecule has 3 N–H and O–H groups in total. The van der Waals surface area contributed by atoms with E-state index in [-0.39, 0.29) is 6.61 Å². The summed E-state index contributed by atoms with van der Waals surface area (Å²) >= 11 is 0. The third-order valence-electron chi connectivity index (χ3n) is 0.794. The van der Waals surface area contributed by atoms with Crippen LogP contribution in [0, 0.1) is 0 Å². The summed E-state index contributed by atoms with van der Waals surface area (Å²) in [7, 11) is 0. The molecule has 0 saturated heterocycles. The Morgan fingerprint density at radius 3 is 2.55 bits per heavy atom. The summed E-state index contributed by atoms with van der Waals surface area (Å²) in [6.45, 7) is 1.79. The Hall–Kier alpha value is -1.52. The van der Waals surface area contributed by atoms with Gasteiger partial charge in [-0.25, -0.2) is 4.79 Å². The molecule has 0 aromatic heterocycles. The molecule has 62 valence electrons. The topological polar surface area (TPSA) is 89.6 Å². The molecule has 0 aliphatic rings. The first-order valence-corrected chi connectivity index (χ1v) is 2.95. The smallest absolute Gasteiger partial charge is 0.334 e. The summed E-state index contributed by atoms with van der Waals surface area (Å²) in [5.74, 6) is -2.65. The fourth-order valence-electron chi connectivity index (χ4n) is 0.367. The maximum Gasteiger partial charge on any atom is 0.334 e. The third-order valence-corrected chi connectivity index (χ3v) is 0.794. The lowest BCUT2D eigenvalue weighted by Gasteiger charge is -1.95. The minimum absolute atomic E-state index is 0.182. The lowest BCUT2D eigenvalue weighted by atomic mass is 10.4. The lowest BCUT2D eigenvalue weighted by Crippen LogP contribution is -2.15. The first-order chi connectivity index (χ1) is 5.07. The number of carbonyl (C=O) groups is 2. The van der Waals surface area contributed by atoms with Crippen LogP contribution in [0.2, 0.25) is 0 Å². The number of primary amides is 1. The van der Waals surface area contributed by atoms with Crippen molar-refractivity contribution in [3.63, 3.8) is 0 Å². The SMILES string of the molecule is CCOC(=O)/C=C(\O)C(N)=O. The summed E-state index contributed by atoms with van der Waals surface area (Å²) in [4.78, 5) is 20.6. The van der Waals surface area contributed by atoms with Gasteiger partial charge in [0.2, 0.25) is 0 Å². The second-order valence-corrected chi connectivity index (χ2v) is 1.65. The molecule has 0 aliphatic carbocycles. The molecule has 0 radical (unpaired) electrons. The number of hydrogen-bond donors (Lipinski definition) is 2. The van der Waals surface area contributed by atoms with Crippen molar-refractivity contribution in [2.24, 2.45) is 5.73 Å². The zero-order chi connectivity index (χ0) is 8.85. The zero-order valence-electron chi connectivity index (χ0n) is 6.03. The molecule has 1 amide bonds. The standard InChI is InChI=1S/C6H9NO4/c1-2-11-5(9)3-4(8)6(7)10/h3,8H,2H2,1H3,(H2,7,10)/b4-3-. The summed E-state index contributed by atoms with van der Waals surface area (Å²) in [5.41, 5.74) is 4.62. The van der Waals surface area contributed by atoms with E-state index in [1.807, 2.05) is 0 Å². The molecule has 0 aromatic carbocycles. The highest BCUT2D eigenvalue weighted by molar-refractivity contribution is 5.96. The Balaban J connectivity index is 4.08. The molecule has 0 saturated carbocycles. The highest BCUT2D eigenvalue weighted by Gasteiger charge is 2.04. The number of aliphatic hydroxyl groups is 1. The van der Waals surface area contributed by atoms with Crippen LogP contribution in [0.4, 0.5) is 0 Å². The summed E-state index contributed by atoms with van der Waals surface area (Å²) < 4.78 is 4.38. The molecule has 0 spiro atoms. The second kappa shape index (κ2) is 4.32. The molecule has 0 bridgehead atoms. The Kier molecular flexibility index (Phi) is 3.72. The largest absolute Gasteiger partial charge is 0.503 e. The number of esters is 1. The zero-order valence-corrected chi connectivity index (χ0v) is 6.03. The van der Waals surface area contributed by atoms with Crippen LogP contribution < -0.4 is 5.73 Å². The monoisotopic (exact) mass is 159 g/mol. The quantitative estimate of drug-likeness (QED) is 0.329. The molecule has 5 nitrogen and oxygen atoms in total. The minimum atomic E-state index is -1.06. The fraction of sp³-hybridized carbons (Fsp3) is 0.333. The van der Waals surface area contributed by atoms with E-state index in [1.54, 1.807) is 6.92 Å². The van der Waals surface area contributed by atoms with Crippen LogP contribution in [0.15, 0.2) is 11.8 Å². The Morgan fingerprint density at radius 2 is 2.18 bits per heavy atom. The average Bonchev–Trinajstić information content (AvgIpc) is 1.87. The van der Waals surface area contributed by atoms with E-state index in [0.717, 1.165) is 0 Å². The molecule has 0 aliphatic heterocycles. The summed E-state index contributed by atoms with van der Waals surface area (Å²) in [6, 6.07) is 0. The van der Waals surface area contributed by atoms with Crippen LogP contribution in [-0.2, 0) is 14.3 Å². The van der Waals surface area contributed by atoms with Gasteiger partial charge in [0.1, 0.15) is 0 Å². The van der Waals surface area contributed by atoms with Crippen LogP contribution in [0.5, 0.6) is 0 Å². The van der Waals surface area contributed by atoms with E-state index in [0.29, 0.717) is 6.08 Å². The van der Waals surface area contributed by atoms with Crippen LogP contribution in [0.25, 0.3) is 0 Å². The number of ether oxygens (including phenoxy) is 1. The molecular formula is C6H9NO4. The van der Waals surface area contributed by atoms with Crippen molar-refractivity contribution in [3.8, 4) is 0 Å². The van der Waals surface area contributed by atoms with E-state index in [9.17, 15) is 9.59 Å². The number of nitrogens with two attached hydrogens (primary N) is 1. The number of rotatable bonds is 3. The van der Waals surface area contributed by atoms with Crippen LogP contribution in [0.1, 0.15) is 6.92 Å². The predicted octanol–water partition coefficient (Wildman–Crippen LogP) is -0.523. The van der Waals surface area contributed by atoms with Crippen LogP contribution >= 0.6 is 0 Å².